The molecule has 33 heavy (non-hydrogen) atoms. The van der Waals surface area contributed by atoms with Gasteiger partial charge in [-0.1, -0.05) is 6.07 Å². The van der Waals surface area contributed by atoms with Crippen LogP contribution >= 0.6 is 0 Å². The molecule has 4 heterocycles. The standard InChI is InChI=1S/C22H21F2N7O2/c1-13(32)30-9-6-18(22(23,24)12-30)27-21-28-20(33-2)19-15(5-10-31(19)29-21)14-3-4-16-17(11-14)26-8-7-25-16/h3-5,7-8,10-11,18H,6,9,12H2,1-2H3,(H,27,29)/t18-/m1/s1. The van der Waals surface area contributed by atoms with E-state index < -0.39 is 18.5 Å². The van der Waals surface area contributed by atoms with Gasteiger partial charge in [-0.2, -0.15) is 4.98 Å². The molecule has 0 unspecified atom stereocenters. The number of alkyl halides is 2. The van der Waals surface area contributed by atoms with E-state index in [0.29, 0.717) is 5.52 Å². The lowest BCUT2D eigenvalue weighted by Crippen LogP contribution is -2.55. The van der Waals surface area contributed by atoms with Crippen LogP contribution in [0.4, 0.5) is 14.7 Å². The Labute approximate surface area is 187 Å². The number of carbonyl (C=O) groups is 1. The predicted molar refractivity (Wildman–Crippen MR) is 117 cm³/mol. The molecular formula is C22H21F2N7O2. The number of fused-ring (bicyclic) bond motifs is 2. The fraction of sp³-hybridized carbons (Fsp3) is 0.318. The number of hydrogen-bond acceptors (Lipinski definition) is 7. The van der Waals surface area contributed by atoms with Gasteiger partial charge in [-0.25, -0.2) is 13.3 Å². The first-order valence-corrected chi connectivity index (χ1v) is 10.4. The molecule has 1 N–H and O–H groups in total. The molecule has 1 amide bonds. The largest absolute Gasteiger partial charge is 0.479 e. The number of aromatic nitrogens is 5. The quantitative estimate of drug-likeness (QED) is 0.507. The van der Waals surface area contributed by atoms with Crippen LogP contribution in [0.25, 0.3) is 27.7 Å². The van der Waals surface area contributed by atoms with Crippen molar-refractivity contribution in [2.45, 2.75) is 25.3 Å². The summed E-state index contributed by atoms with van der Waals surface area (Å²) in [6.45, 7) is 0.885. The maximum absolute atomic E-state index is 14.7. The van der Waals surface area contributed by atoms with Crippen LogP contribution in [0.3, 0.4) is 0 Å². The molecular weight excluding hydrogens is 432 g/mol. The van der Waals surface area contributed by atoms with E-state index in [0.717, 1.165) is 27.1 Å². The van der Waals surface area contributed by atoms with Crippen molar-refractivity contribution in [1.82, 2.24) is 29.5 Å². The highest BCUT2D eigenvalue weighted by Crippen LogP contribution is 2.34. The smallest absolute Gasteiger partial charge is 0.285 e. The van der Waals surface area contributed by atoms with Crippen molar-refractivity contribution in [2.75, 3.05) is 25.5 Å². The van der Waals surface area contributed by atoms with Crippen LogP contribution in [0.5, 0.6) is 5.88 Å². The second-order valence-electron chi connectivity index (χ2n) is 7.91. The van der Waals surface area contributed by atoms with Gasteiger partial charge >= 0.3 is 0 Å². The molecule has 1 aliphatic rings. The number of ether oxygens (including phenoxy) is 1. The average molecular weight is 453 g/mol. The molecule has 1 atom stereocenters. The molecule has 0 spiro atoms. The van der Waals surface area contributed by atoms with E-state index in [1.54, 1.807) is 23.1 Å². The number of methoxy groups -OCH3 is 1. The summed E-state index contributed by atoms with van der Waals surface area (Å²) in [4.78, 5) is 25.6. The number of anilines is 1. The van der Waals surface area contributed by atoms with Gasteiger partial charge in [0, 0.05) is 37.6 Å². The first-order valence-electron chi connectivity index (χ1n) is 10.4. The zero-order valence-electron chi connectivity index (χ0n) is 18.0. The van der Waals surface area contributed by atoms with Crippen molar-refractivity contribution < 1.29 is 18.3 Å². The number of rotatable bonds is 4. The highest BCUT2D eigenvalue weighted by atomic mass is 19.3. The van der Waals surface area contributed by atoms with Gasteiger partial charge in [0.25, 0.3) is 5.92 Å². The minimum atomic E-state index is -3.12. The molecule has 0 saturated carbocycles. The van der Waals surface area contributed by atoms with E-state index in [-0.39, 0.29) is 30.7 Å². The van der Waals surface area contributed by atoms with Crippen molar-refractivity contribution >= 4 is 28.4 Å². The van der Waals surface area contributed by atoms with Crippen LogP contribution in [0, 0.1) is 0 Å². The van der Waals surface area contributed by atoms with Crippen molar-refractivity contribution in [1.29, 1.82) is 0 Å². The van der Waals surface area contributed by atoms with Crippen LogP contribution < -0.4 is 10.1 Å². The van der Waals surface area contributed by atoms with Gasteiger partial charge in [-0.05, 0) is 30.2 Å². The molecule has 0 radical (unpaired) electrons. The Morgan fingerprint density at radius 3 is 2.73 bits per heavy atom. The Hall–Kier alpha value is -3.89. The zero-order valence-corrected chi connectivity index (χ0v) is 18.0. The number of piperidine rings is 1. The molecule has 5 rings (SSSR count). The zero-order chi connectivity index (χ0) is 23.2. The lowest BCUT2D eigenvalue weighted by atomic mass is 10.0. The first-order chi connectivity index (χ1) is 15.9. The Bertz CT molecular complexity index is 1360. The number of carbonyl (C=O) groups excluding carboxylic acids is 1. The summed E-state index contributed by atoms with van der Waals surface area (Å²) in [6, 6.07) is 6.35. The number of hydrogen-bond donors (Lipinski definition) is 1. The normalized spacial score (nSPS) is 17.9. The van der Waals surface area contributed by atoms with Crippen molar-refractivity contribution in [3.63, 3.8) is 0 Å². The van der Waals surface area contributed by atoms with Gasteiger partial charge in [0.05, 0.1) is 30.7 Å². The Morgan fingerprint density at radius 2 is 2.00 bits per heavy atom. The maximum atomic E-state index is 14.7. The van der Waals surface area contributed by atoms with E-state index >= 15 is 0 Å². The molecule has 1 aromatic carbocycles. The number of halogens is 2. The Morgan fingerprint density at radius 1 is 1.21 bits per heavy atom. The summed E-state index contributed by atoms with van der Waals surface area (Å²) < 4.78 is 36.3. The van der Waals surface area contributed by atoms with Gasteiger partial charge in [0.2, 0.25) is 17.7 Å². The second kappa shape index (κ2) is 7.91. The summed E-state index contributed by atoms with van der Waals surface area (Å²) in [5, 5.41) is 7.12. The van der Waals surface area contributed by atoms with Gasteiger partial charge < -0.3 is 15.0 Å². The van der Waals surface area contributed by atoms with Crippen molar-refractivity contribution in [3.8, 4) is 17.0 Å². The molecule has 1 saturated heterocycles. The first kappa shape index (κ1) is 21.0. The third kappa shape index (κ3) is 3.79. The van der Waals surface area contributed by atoms with Crippen molar-refractivity contribution in [3.05, 3.63) is 42.9 Å². The molecule has 0 bridgehead atoms. The molecule has 11 heteroatoms. The van der Waals surface area contributed by atoms with Crippen LogP contribution in [0.15, 0.2) is 42.9 Å². The molecule has 4 aromatic rings. The number of nitrogens with one attached hydrogen (secondary N) is 1. The third-order valence-corrected chi connectivity index (χ3v) is 5.80. The SMILES string of the molecule is COc1nc(N[C@@H]2CCN(C(C)=O)CC2(F)F)nn2ccc(-c3ccc4nccnc4c3)c12. The minimum Gasteiger partial charge on any atom is -0.479 e. The molecule has 170 valence electrons. The summed E-state index contributed by atoms with van der Waals surface area (Å²) in [6.07, 6.45) is 5.06. The van der Waals surface area contributed by atoms with Gasteiger partial charge in [0.15, 0.2) is 0 Å². The van der Waals surface area contributed by atoms with Crippen LogP contribution in [-0.4, -0.2) is 67.5 Å². The van der Waals surface area contributed by atoms with E-state index in [2.05, 4.69) is 25.4 Å². The van der Waals surface area contributed by atoms with Gasteiger partial charge in [-0.15, -0.1) is 5.10 Å². The third-order valence-electron chi connectivity index (χ3n) is 5.80. The maximum Gasteiger partial charge on any atom is 0.285 e. The predicted octanol–water partition coefficient (Wildman–Crippen LogP) is 3.02. The fourth-order valence-electron chi connectivity index (χ4n) is 4.10. The lowest BCUT2D eigenvalue weighted by molar-refractivity contribution is -0.140. The van der Waals surface area contributed by atoms with E-state index in [4.69, 9.17) is 4.74 Å². The average Bonchev–Trinajstić information content (AvgIpc) is 3.23. The number of benzene rings is 1. The Kier molecular flexibility index (Phi) is 5.03. The summed E-state index contributed by atoms with van der Waals surface area (Å²) in [5.41, 5.74) is 3.80. The lowest BCUT2D eigenvalue weighted by Gasteiger charge is -2.38. The summed E-state index contributed by atoms with van der Waals surface area (Å²) in [7, 11) is 1.47. The van der Waals surface area contributed by atoms with E-state index in [9.17, 15) is 13.6 Å². The van der Waals surface area contributed by atoms with E-state index in [1.807, 2.05) is 24.3 Å². The van der Waals surface area contributed by atoms with Crippen LogP contribution in [0.1, 0.15) is 13.3 Å². The van der Waals surface area contributed by atoms with Crippen LogP contribution in [-0.2, 0) is 4.79 Å². The topological polar surface area (TPSA) is 97.5 Å². The monoisotopic (exact) mass is 453 g/mol. The van der Waals surface area contributed by atoms with E-state index in [1.165, 1.54) is 14.0 Å². The molecule has 0 aliphatic carbocycles. The van der Waals surface area contributed by atoms with Gasteiger partial charge in [-0.3, -0.25) is 14.8 Å². The molecule has 9 nitrogen and oxygen atoms in total. The summed E-state index contributed by atoms with van der Waals surface area (Å²) >= 11 is 0. The summed E-state index contributed by atoms with van der Waals surface area (Å²) in [5.74, 6) is -3.22. The minimum absolute atomic E-state index is 0.0202. The second-order valence-corrected chi connectivity index (χ2v) is 7.91. The van der Waals surface area contributed by atoms with Crippen LogP contribution in [0.2, 0.25) is 0 Å². The van der Waals surface area contributed by atoms with Crippen molar-refractivity contribution in [2.24, 2.45) is 0 Å². The molecule has 1 aliphatic heterocycles. The number of nitrogens with zero attached hydrogens (tertiary/aromatic N) is 6. The molecule has 1 fully saturated rings. The fourth-order valence-corrected chi connectivity index (χ4v) is 4.10. The number of likely N-dealkylation sites (tertiary alicyclic amines) is 1. The molecule has 3 aromatic heterocycles. The number of amides is 1. The highest BCUT2D eigenvalue weighted by Gasteiger charge is 2.45. The van der Waals surface area contributed by atoms with Gasteiger partial charge in [0.1, 0.15) is 5.52 Å². The Balaban J connectivity index is 1.49. The highest BCUT2D eigenvalue weighted by molar-refractivity contribution is 5.89.